The van der Waals surface area contributed by atoms with Crippen molar-refractivity contribution >= 4 is 0 Å². The van der Waals surface area contributed by atoms with Crippen molar-refractivity contribution in [2.75, 3.05) is 0 Å². The number of rotatable bonds is 4. The zero-order chi connectivity index (χ0) is 16.4. The molecule has 0 atom stereocenters. The molecule has 3 rings (SSSR count). The second-order valence-corrected chi connectivity index (χ2v) is 5.24. The van der Waals surface area contributed by atoms with Crippen molar-refractivity contribution < 1.29 is 8.78 Å². The molecule has 0 aliphatic heterocycles. The first kappa shape index (κ1) is 15.3. The van der Waals surface area contributed by atoms with Crippen LogP contribution in [0.5, 0.6) is 0 Å². The van der Waals surface area contributed by atoms with Gasteiger partial charge in [-0.05, 0) is 37.1 Å². The van der Waals surface area contributed by atoms with Crippen molar-refractivity contribution in [3.63, 3.8) is 0 Å². The molecule has 0 aliphatic carbocycles. The molecule has 1 aromatic carbocycles. The van der Waals surface area contributed by atoms with Gasteiger partial charge in [0.25, 0.3) is 0 Å². The van der Waals surface area contributed by atoms with Crippen LogP contribution in [0.3, 0.4) is 0 Å². The zero-order valence-corrected chi connectivity index (χ0v) is 12.9. The molecule has 118 valence electrons. The summed E-state index contributed by atoms with van der Waals surface area (Å²) in [7, 11) is 0. The average molecular weight is 314 g/mol. The molecule has 0 fully saturated rings. The van der Waals surface area contributed by atoms with Crippen LogP contribution >= 0.6 is 0 Å². The van der Waals surface area contributed by atoms with Crippen molar-refractivity contribution in [2.24, 2.45) is 0 Å². The summed E-state index contributed by atoms with van der Waals surface area (Å²) in [5.41, 5.74) is 2.98. The Kier molecular flexibility index (Phi) is 4.14. The van der Waals surface area contributed by atoms with Gasteiger partial charge in [0.1, 0.15) is 23.8 Å². The lowest BCUT2D eigenvalue weighted by atomic mass is 10.1. The Morgan fingerprint density at radius 2 is 1.96 bits per heavy atom. The second-order valence-electron chi connectivity index (χ2n) is 5.24. The number of imidazole rings is 1. The molecule has 4 nitrogen and oxygen atoms in total. The fourth-order valence-electron chi connectivity index (χ4n) is 2.66. The monoisotopic (exact) mass is 314 g/mol. The first-order valence-electron chi connectivity index (χ1n) is 7.36. The average Bonchev–Trinajstić information content (AvgIpc) is 2.98. The number of hydrogen-bond donors (Lipinski definition) is 0. The lowest BCUT2D eigenvalue weighted by Crippen LogP contribution is -2.09. The summed E-state index contributed by atoms with van der Waals surface area (Å²) in [4.78, 5) is 12.7. The topological polar surface area (TPSA) is 43.6 Å². The molecule has 0 bridgehead atoms. The van der Waals surface area contributed by atoms with Gasteiger partial charge in [-0.2, -0.15) is 0 Å². The van der Waals surface area contributed by atoms with Crippen LogP contribution in [0.15, 0.2) is 36.9 Å². The first-order valence-corrected chi connectivity index (χ1v) is 7.36. The maximum atomic E-state index is 14.0. The molecule has 0 spiro atoms. The number of aromatic nitrogens is 4. The number of halogens is 2. The fraction of sp³-hybridized carbons (Fsp3) is 0.235. The number of hydrogen-bond acceptors (Lipinski definition) is 3. The van der Waals surface area contributed by atoms with Crippen LogP contribution in [0.4, 0.5) is 8.78 Å². The molecule has 6 heteroatoms. The summed E-state index contributed by atoms with van der Waals surface area (Å²) in [6.45, 7) is 4.40. The Bertz CT molecular complexity index is 842. The van der Waals surface area contributed by atoms with Crippen LogP contribution in [0.2, 0.25) is 0 Å². The van der Waals surface area contributed by atoms with Crippen molar-refractivity contribution in [3.05, 3.63) is 65.5 Å². The Labute approximate surface area is 132 Å². The lowest BCUT2D eigenvalue weighted by Gasteiger charge is -2.12. The summed E-state index contributed by atoms with van der Waals surface area (Å²) in [5, 5.41) is 0. The van der Waals surface area contributed by atoms with Gasteiger partial charge in [-0.15, -0.1) is 0 Å². The highest BCUT2D eigenvalue weighted by molar-refractivity contribution is 5.56. The molecule has 0 saturated heterocycles. The van der Waals surface area contributed by atoms with Gasteiger partial charge < -0.3 is 4.57 Å². The predicted molar refractivity (Wildman–Crippen MR) is 82.8 cm³/mol. The van der Waals surface area contributed by atoms with Gasteiger partial charge in [0.2, 0.25) is 0 Å². The molecule has 0 unspecified atom stereocenters. The van der Waals surface area contributed by atoms with Gasteiger partial charge >= 0.3 is 0 Å². The molecular weight excluding hydrogens is 298 g/mol. The van der Waals surface area contributed by atoms with Crippen molar-refractivity contribution in [3.8, 4) is 11.4 Å². The molecule has 3 aromatic rings. The zero-order valence-electron chi connectivity index (χ0n) is 12.9. The van der Waals surface area contributed by atoms with E-state index in [-0.39, 0.29) is 5.56 Å². The van der Waals surface area contributed by atoms with Gasteiger partial charge in [-0.3, -0.25) is 0 Å². The molecular formula is C17H16F2N4. The molecule has 0 N–H and O–H groups in total. The largest absolute Gasteiger partial charge is 0.325 e. The highest BCUT2D eigenvalue weighted by Crippen LogP contribution is 2.23. The molecule has 0 radical (unpaired) electrons. The van der Waals surface area contributed by atoms with Crippen LogP contribution in [0, 0.1) is 18.6 Å². The van der Waals surface area contributed by atoms with E-state index in [0.717, 1.165) is 41.6 Å². The third-order valence-corrected chi connectivity index (χ3v) is 3.81. The van der Waals surface area contributed by atoms with E-state index in [0.29, 0.717) is 12.4 Å². The first-order chi connectivity index (χ1) is 11.1. The number of benzene rings is 1. The highest BCUT2D eigenvalue weighted by atomic mass is 19.1. The van der Waals surface area contributed by atoms with E-state index in [2.05, 4.69) is 15.0 Å². The Balaban J connectivity index is 2.03. The maximum Gasteiger partial charge on any atom is 0.143 e. The van der Waals surface area contributed by atoms with Crippen LogP contribution < -0.4 is 0 Å². The smallest absolute Gasteiger partial charge is 0.143 e. The highest BCUT2D eigenvalue weighted by Gasteiger charge is 2.14. The van der Waals surface area contributed by atoms with E-state index < -0.39 is 11.6 Å². The third kappa shape index (κ3) is 2.97. The molecule has 0 aliphatic rings. The van der Waals surface area contributed by atoms with E-state index >= 15 is 0 Å². The Hall–Kier alpha value is -2.63. The number of aryl methyl sites for hydroxylation is 1. The Morgan fingerprint density at radius 3 is 2.74 bits per heavy atom. The third-order valence-electron chi connectivity index (χ3n) is 3.81. The van der Waals surface area contributed by atoms with Crippen molar-refractivity contribution in [1.29, 1.82) is 0 Å². The summed E-state index contributed by atoms with van der Waals surface area (Å²) in [6, 6.07) is 3.35. The standard InChI is InChI=1S/C17H16F2N4/c1-3-13-11(2)21-10-22-16(13)9-23-7-6-20-17(23)14-8-12(18)4-5-15(14)19/h4-8,10H,3,9H2,1-2H3. The normalized spacial score (nSPS) is 11.0. The molecule has 2 aromatic heterocycles. The van der Waals surface area contributed by atoms with Gasteiger partial charge in [0.05, 0.1) is 17.8 Å². The predicted octanol–water partition coefficient (Wildman–Crippen LogP) is 3.54. The van der Waals surface area contributed by atoms with Gasteiger partial charge in [0.15, 0.2) is 0 Å². The minimum absolute atomic E-state index is 0.138. The molecule has 23 heavy (non-hydrogen) atoms. The lowest BCUT2D eigenvalue weighted by molar-refractivity contribution is 0.600. The van der Waals surface area contributed by atoms with Crippen LogP contribution in [0.25, 0.3) is 11.4 Å². The van der Waals surface area contributed by atoms with Gasteiger partial charge in [0, 0.05) is 18.1 Å². The van der Waals surface area contributed by atoms with Crippen LogP contribution in [-0.2, 0) is 13.0 Å². The molecule has 0 amide bonds. The van der Waals surface area contributed by atoms with Crippen LogP contribution in [0.1, 0.15) is 23.9 Å². The minimum Gasteiger partial charge on any atom is -0.325 e. The van der Waals surface area contributed by atoms with E-state index in [9.17, 15) is 8.78 Å². The van der Waals surface area contributed by atoms with Crippen LogP contribution in [-0.4, -0.2) is 19.5 Å². The summed E-state index contributed by atoms with van der Waals surface area (Å²) >= 11 is 0. The molecule has 2 heterocycles. The Morgan fingerprint density at radius 1 is 1.13 bits per heavy atom. The second kappa shape index (κ2) is 6.24. The van der Waals surface area contributed by atoms with Gasteiger partial charge in [-0.25, -0.2) is 23.7 Å². The van der Waals surface area contributed by atoms with E-state index in [1.54, 1.807) is 17.0 Å². The van der Waals surface area contributed by atoms with Crippen molar-refractivity contribution in [1.82, 2.24) is 19.5 Å². The quantitative estimate of drug-likeness (QED) is 0.740. The fourth-order valence-corrected chi connectivity index (χ4v) is 2.66. The van der Waals surface area contributed by atoms with E-state index in [4.69, 9.17) is 0 Å². The molecule has 0 saturated carbocycles. The van der Waals surface area contributed by atoms with Crippen molar-refractivity contribution in [2.45, 2.75) is 26.8 Å². The minimum atomic E-state index is -0.506. The van der Waals surface area contributed by atoms with E-state index in [1.165, 1.54) is 6.33 Å². The summed E-state index contributed by atoms with van der Waals surface area (Å²) in [5.74, 6) is -0.628. The summed E-state index contributed by atoms with van der Waals surface area (Å²) in [6.07, 6.45) is 5.62. The summed E-state index contributed by atoms with van der Waals surface area (Å²) < 4.78 is 29.2. The number of nitrogens with zero attached hydrogens (tertiary/aromatic N) is 4. The maximum absolute atomic E-state index is 14.0. The van der Waals surface area contributed by atoms with E-state index in [1.807, 2.05) is 13.8 Å². The SMILES string of the molecule is CCc1c(C)ncnc1Cn1ccnc1-c1cc(F)ccc1F. The van der Waals surface area contributed by atoms with Gasteiger partial charge in [-0.1, -0.05) is 6.92 Å².